The lowest BCUT2D eigenvalue weighted by Crippen LogP contribution is -2.18. The Bertz CT molecular complexity index is 535. The van der Waals surface area contributed by atoms with Gasteiger partial charge >= 0.3 is 0 Å². The fourth-order valence-corrected chi connectivity index (χ4v) is 3.28. The molecular weight excluding hydrogens is 314 g/mol. The summed E-state index contributed by atoms with van der Waals surface area (Å²) in [5.74, 6) is 0.737. The van der Waals surface area contributed by atoms with Crippen molar-refractivity contribution in [2.45, 2.75) is 25.9 Å². The van der Waals surface area contributed by atoms with Crippen LogP contribution in [0.3, 0.4) is 0 Å². The molecule has 4 nitrogen and oxygen atoms in total. The smallest absolute Gasteiger partial charge is 0.161 e. The van der Waals surface area contributed by atoms with E-state index in [1.54, 1.807) is 24.6 Å². The fourth-order valence-electron chi connectivity index (χ4n) is 1.85. The van der Waals surface area contributed by atoms with E-state index in [2.05, 4.69) is 34.9 Å². The van der Waals surface area contributed by atoms with Gasteiger partial charge in [-0.2, -0.15) is 5.10 Å². The summed E-state index contributed by atoms with van der Waals surface area (Å²) in [4.78, 5) is 1.09. The van der Waals surface area contributed by atoms with Crippen LogP contribution in [0.1, 0.15) is 36.5 Å². The molecule has 0 radical (unpaired) electrons. The summed E-state index contributed by atoms with van der Waals surface area (Å²) in [6.07, 6.45) is 1.72. The van der Waals surface area contributed by atoms with E-state index in [1.807, 2.05) is 16.8 Å². The molecule has 0 aliphatic heterocycles. The van der Waals surface area contributed by atoms with Crippen molar-refractivity contribution in [2.75, 3.05) is 7.11 Å². The van der Waals surface area contributed by atoms with Gasteiger partial charge in [-0.15, -0.1) is 11.3 Å². The molecule has 0 aromatic carbocycles. The number of ether oxygens (including phenoxy) is 1. The SMILES string of the molecule is COc1cnn(C(C)C)c1C(N)c1ccc(Br)s1. The number of aromatic nitrogens is 2. The lowest BCUT2D eigenvalue weighted by Gasteiger charge is -2.17. The van der Waals surface area contributed by atoms with Crippen LogP contribution < -0.4 is 10.5 Å². The number of nitrogens with two attached hydrogens (primary N) is 1. The van der Waals surface area contributed by atoms with E-state index in [0.29, 0.717) is 0 Å². The lowest BCUT2D eigenvalue weighted by atomic mass is 10.1. The average molecular weight is 330 g/mol. The maximum atomic E-state index is 6.34. The van der Waals surface area contributed by atoms with Gasteiger partial charge in [0.1, 0.15) is 5.69 Å². The Balaban J connectivity index is 2.45. The first-order chi connectivity index (χ1) is 8.54. The van der Waals surface area contributed by atoms with Crippen LogP contribution in [0.4, 0.5) is 0 Å². The zero-order valence-electron chi connectivity index (χ0n) is 10.6. The van der Waals surface area contributed by atoms with Crippen LogP contribution in [-0.4, -0.2) is 16.9 Å². The summed E-state index contributed by atoms with van der Waals surface area (Å²) in [6.45, 7) is 4.15. The normalized spacial score (nSPS) is 13.0. The molecule has 2 heterocycles. The first kappa shape index (κ1) is 13.6. The standard InChI is InChI=1S/C12H16BrN3OS/c1-7(2)16-12(8(17-3)6-15-16)11(14)9-4-5-10(13)18-9/h4-7,11H,14H2,1-3H3. The molecule has 2 aromatic rings. The minimum atomic E-state index is -0.221. The molecule has 0 saturated heterocycles. The molecular formula is C12H16BrN3OS. The van der Waals surface area contributed by atoms with Gasteiger partial charge in [-0.3, -0.25) is 4.68 Å². The summed E-state index contributed by atoms with van der Waals surface area (Å²) in [7, 11) is 1.64. The molecule has 2 rings (SSSR count). The largest absolute Gasteiger partial charge is 0.493 e. The minimum Gasteiger partial charge on any atom is -0.493 e. The molecule has 0 fully saturated rings. The zero-order chi connectivity index (χ0) is 13.3. The first-order valence-corrected chi connectivity index (χ1v) is 7.27. The number of halogens is 1. The number of methoxy groups -OCH3 is 1. The fraction of sp³-hybridized carbons (Fsp3) is 0.417. The molecule has 0 bridgehead atoms. The van der Waals surface area contributed by atoms with E-state index in [9.17, 15) is 0 Å². The Kier molecular flexibility index (Phi) is 4.09. The molecule has 0 amide bonds. The third-order valence-electron chi connectivity index (χ3n) is 2.70. The number of thiophene rings is 1. The van der Waals surface area contributed by atoms with Crippen molar-refractivity contribution in [2.24, 2.45) is 5.73 Å². The molecule has 98 valence electrons. The van der Waals surface area contributed by atoms with Crippen molar-refractivity contribution < 1.29 is 4.74 Å². The molecule has 18 heavy (non-hydrogen) atoms. The van der Waals surface area contributed by atoms with Gasteiger partial charge in [0, 0.05) is 10.9 Å². The van der Waals surface area contributed by atoms with Crippen LogP contribution in [0.15, 0.2) is 22.1 Å². The van der Waals surface area contributed by atoms with Gasteiger partial charge in [0.25, 0.3) is 0 Å². The number of rotatable bonds is 4. The molecule has 2 N–H and O–H groups in total. The Hall–Kier alpha value is -0.850. The topological polar surface area (TPSA) is 53.1 Å². The maximum absolute atomic E-state index is 6.34. The van der Waals surface area contributed by atoms with E-state index in [4.69, 9.17) is 10.5 Å². The van der Waals surface area contributed by atoms with Crippen LogP contribution in [0.5, 0.6) is 5.75 Å². The van der Waals surface area contributed by atoms with Crippen LogP contribution in [-0.2, 0) is 0 Å². The lowest BCUT2D eigenvalue weighted by molar-refractivity contribution is 0.401. The van der Waals surface area contributed by atoms with Crippen molar-refractivity contribution >= 4 is 27.3 Å². The number of hydrogen-bond acceptors (Lipinski definition) is 4. The Morgan fingerprint density at radius 2 is 2.17 bits per heavy atom. The first-order valence-electron chi connectivity index (χ1n) is 5.66. The number of nitrogens with zero attached hydrogens (tertiary/aromatic N) is 2. The van der Waals surface area contributed by atoms with E-state index < -0.39 is 0 Å². The van der Waals surface area contributed by atoms with Crippen molar-refractivity contribution in [3.63, 3.8) is 0 Å². The second kappa shape index (κ2) is 5.42. The quantitative estimate of drug-likeness (QED) is 0.935. The predicted octanol–water partition coefficient (Wildman–Crippen LogP) is 3.34. The Labute approximate surface area is 119 Å². The van der Waals surface area contributed by atoms with Crippen molar-refractivity contribution in [3.8, 4) is 5.75 Å². The summed E-state index contributed by atoms with van der Waals surface area (Å²) in [5, 5.41) is 4.34. The van der Waals surface area contributed by atoms with E-state index in [0.717, 1.165) is 20.1 Å². The third kappa shape index (κ3) is 2.46. The highest BCUT2D eigenvalue weighted by molar-refractivity contribution is 9.11. The van der Waals surface area contributed by atoms with Gasteiger partial charge in [0.05, 0.1) is 23.1 Å². The van der Waals surface area contributed by atoms with Crippen LogP contribution in [0.25, 0.3) is 0 Å². The van der Waals surface area contributed by atoms with Crippen LogP contribution in [0.2, 0.25) is 0 Å². The molecule has 0 aliphatic rings. The average Bonchev–Trinajstić information content (AvgIpc) is 2.93. The van der Waals surface area contributed by atoms with Crippen molar-refractivity contribution in [1.82, 2.24) is 9.78 Å². The van der Waals surface area contributed by atoms with Gasteiger partial charge < -0.3 is 10.5 Å². The second-order valence-corrected chi connectivity index (χ2v) is 6.75. The molecule has 1 unspecified atom stereocenters. The second-order valence-electron chi connectivity index (χ2n) is 4.26. The summed E-state index contributed by atoms with van der Waals surface area (Å²) in [6, 6.07) is 4.05. The summed E-state index contributed by atoms with van der Waals surface area (Å²) < 4.78 is 8.34. The van der Waals surface area contributed by atoms with Crippen molar-refractivity contribution in [1.29, 1.82) is 0 Å². The van der Waals surface area contributed by atoms with E-state index in [1.165, 1.54) is 0 Å². The van der Waals surface area contributed by atoms with Gasteiger partial charge in [-0.05, 0) is 41.9 Å². The van der Waals surface area contributed by atoms with Gasteiger partial charge in [0.15, 0.2) is 5.75 Å². The maximum Gasteiger partial charge on any atom is 0.161 e. The molecule has 0 saturated carbocycles. The third-order valence-corrected chi connectivity index (χ3v) is 4.41. The highest BCUT2D eigenvalue weighted by Gasteiger charge is 2.22. The molecule has 2 aromatic heterocycles. The number of hydrogen-bond donors (Lipinski definition) is 1. The summed E-state index contributed by atoms with van der Waals surface area (Å²) >= 11 is 5.08. The van der Waals surface area contributed by atoms with E-state index >= 15 is 0 Å². The van der Waals surface area contributed by atoms with Crippen LogP contribution >= 0.6 is 27.3 Å². The predicted molar refractivity (Wildman–Crippen MR) is 77.2 cm³/mol. The van der Waals surface area contributed by atoms with Crippen molar-refractivity contribution in [3.05, 3.63) is 32.7 Å². The molecule has 1 atom stereocenters. The van der Waals surface area contributed by atoms with Gasteiger partial charge in [0.2, 0.25) is 0 Å². The highest BCUT2D eigenvalue weighted by atomic mass is 79.9. The van der Waals surface area contributed by atoms with Crippen LogP contribution in [0, 0.1) is 0 Å². The Morgan fingerprint density at radius 3 is 2.67 bits per heavy atom. The van der Waals surface area contributed by atoms with Gasteiger partial charge in [-0.1, -0.05) is 0 Å². The molecule has 0 aliphatic carbocycles. The molecule has 0 spiro atoms. The minimum absolute atomic E-state index is 0.221. The Morgan fingerprint density at radius 1 is 1.44 bits per heavy atom. The molecule has 6 heteroatoms. The van der Waals surface area contributed by atoms with E-state index in [-0.39, 0.29) is 12.1 Å². The highest BCUT2D eigenvalue weighted by Crippen LogP contribution is 2.34. The summed E-state index contributed by atoms with van der Waals surface area (Å²) in [5.41, 5.74) is 7.26. The monoisotopic (exact) mass is 329 g/mol. The van der Waals surface area contributed by atoms with Gasteiger partial charge in [-0.25, -0.2) is 0 Å². The zero-order valence-corrected chi connectivity index (χ0v) is 13.0.